The zero-order valence-corrected chi connectivity index (χ0v) is 78.2. The lowest BCUT2D eigenvalue weighted by molar-refractivity contribution is 0.554. The monoisotopic (exact) mass is 1760 g/mol. The molecule has 4 aliphatic carbocycles. The molecule has 135 heavy (non-hydrogen) atoms. The lowest BCUT2D eigenvalue weighted by atomic mass is 9.53. The Morgan fingerprint density at radius 1 is 0.193 bits per heavy atom. The first kappa shape index (κ1) is 79.7. The van der Waals surface area contributed by atoms with E-state index >= 15 is 0 Å². The minimum Gasteiger partial charge on any atom is -0.456 e. The average molecular weight is 1760 g/mol. The van der Waals surface area contributed by atoms with Crippen molar-refractivity contribution >= 4 is 101 Å². The molecule has 2 unspecified atom stereocenters. The molecule has 0 saturated heterocycles. The van der Waals surface area contributed by atoms with Crippen LogP contribution in [0.25, 0.3) is 110 Å². The Balaban J connectivity index is 0.548. The van der Waals surface area contributed by atoms with Gasteiger partial charge in [-0.1, -0.05) is 394 Å². The first-order chi connectivity index (χ1) is 65.9. The van der Waals surface area contributed by atoms with Crippen molar-refractivity contribution in [3.63, 3.8) is 0 Å². The van der Waals surface area contributed by atoms with Crippen molar-refractivity contribution in [2.45, 2.75) is 107 Å². The summed E-state index contributed by atoms with van der Waals surface area (Å²) in [7, 11) is 0. The predicted octanol–water partition coefficient (Wildman–Crippen LogP) is 35.1. The van der Waals surface area contributed by atoms with E-state index in [1.165, 1.54) is 175 Å². The van der Waals surface area contributed by atoms with Gasteiger partial charge in [0.1, 0.15) is 11.2 Å². The van der Waals surface area contributed by atoms with E-state index in [4.69, 9.17) is 4.42 Å². The van der Waals surface area contributed by atoms with Crippen LogP contribution in [0.1, 0.15) is 144 Å². The van der Waals surface area contributed by atoms with Gasteiger partial charge in [0.2, 0.25) is 0 Å². The second kappa shape index (κ2) is 29.3. The molecule has 21 aromatic rings. The Kier molecular flexibility index (Phi) is 17.3. The summed E-state index contributed by atoms with van der Waals surface area (Å²) in [5.41, 5.74) is 42.2. The molecule has 0 radical (unpaired) electrons. The molecule has 6 aliphatic rings. The van der Waals surface area contributed by atoms with Crippen molar-refractivity contribution in [1.82, 2.24) is 0 Å². The average Bonchev–Trinajstić information content (AvgIpc) is 1.29. The van der Waals surface area contributed by atoms with Gasteiger partial charge in [0.25, 0.3) is 0 Å². The van der Waals surface area contributed by atoms with E-state index in [0.717, 1.165) is 78.3 Å². The summed E-state index contributed by atoms with van der Waals surface area (Å²) in [6, 6.07) is 162. The molecule has 0 saturated carbocycles. The van der Waals surface area contributed by atoms with Crippen molar-refractivity contribution < 1.29 is 4.42 Å². The molecule has 5 heteroatoms. The van der Waals surface area contributed by atoms with Gasteiger partial charge >= 0.3 is 0 Å². The molecular weight excluding hydrogens is 1670 g/mol. The number of rotatable bonds is 10. The van der Waals surface area contributed by atoms with Crippen LogP contribution in [0.2, 0.25) is 0 Å². The Morgan fingerprint density at radius 2 is 0.548 bits per heavy atom. The molecule has 1 aromatic heterocycles. The van der Waals surface area contributed by atoms with E-state index in [1.54, 1.807) is 0 Å². The summed E-state index contributed by atoms with van der Waals surface area (Å²) in [5.74, 6) is 0. The number of hydrogen-bond donors (Lipinski definition) is 0. The highest BCUT2D eigenvalue weighted by molar-refractivity contribution is 8.00. The van der Waals surface area contributed by atoms with Gasteiger partial charge in [0.15, 0.2) is 0 Å². The fraction of sp³-hybridized carbons (Fsp3) is 0.108. The third-order valence-electron chi connectivity index (χ3n) is 31.7. The van der Waals surface area contributed by atoms with E-state index in [0.29, 0.717) is 0 Å². The van der Waals surface area contributed by atoms with Crippen LogP contribution in [0.3, 0.4) is 0 Å². The maximum absolute atomic E-state index is 6.69. The minimum absolute atomic E-state index is 0.170. The molecule has 0 bridgehead atoms. The summed E-state index contributed by atoms with van der Waals surface area (Å²) in [5, 5.41) is 7.27. The smallest absolute Gasteiger partial charge is 0.137 e. The van der Waals surface area contributed by atoms with Crippen molar-refractivity contribution in [2.75, 3.05) is 9.80 Å². The zero-order chi connectivity index (χ0) is 90.3. The Bertz CT molecular complexity index is 8530. The lowest BCUT2D eigenvalue weighted by Gasteiger charge is -2.51. The van der Waals surface area contributed by atoms with E-state index in [2.05, 4.69) is 490 Å². The molecule has 0 fully saturated rings. The molecule has 3 heterocycles. The second-order valence-electron chi connectivity index (χ2n) is 40.0. The summed E-state index contributed by atoms with van der Waals surface area (Å²) in [6.45, 7) is 19.4. The maximum Gasteiger partial charge on any atom is 0.137 e. The molecule has 2 spiro atoms. The Morgan fingerprint density at radius 3 is 1.09 bits per heavy atom. The molecule has 20 aromatic carbocycles. The van der Waals surface area contributed by atoms with Gasteiger partial charge in [-0.15, -0.1) is 0 Å². The number of benzene rings is 20. The molecule has 642 valence electrons. The number of hydrogen-bond acceptors (Lipinski definition) is 5. The van der Waals surface area contributed by atoms with E-state index < -0.39 is 16.2 Å². The summed E-state index contributed by atoms with van der Waals surface area (Å²) < 4.78 is 6.69. The van der Waals surface area contributed by atoms with Gasteiger partial charge in [0.05, 0.1) is 10.8 Å². The van der Waals surface area contributed by atoms with Crippen LogP contribution in [0, 0.1) is 0 Å². The van der Waals surface area contributed by atoms with Crippen LogP contribution in [-0.4, -0.2) is 0 Å². The fourth-order valence-electron chi connectivity index (χ4n) is 25.4. The highest BCUT2D eigenvalue weighted by Gasteiger charge is 2.56. The topological polar surface area (TPSA) is 19.6 Å². The SMILES string of the molecule is CC1(C)c2ccccc2-c2ccc(N(c3ccc(-c4cccc5c4Sc4ccccc4C54c5ccccc5C(C)(C)c5c4ccc4ccc(-c6cccc(-c7ccc(N(c8ccc(-c9cccc%10c9Sc9ccccc9C%109c%10ccccc%10C(C)(C)c%10c9ccc9ccccc%109)cc8)c8ccc9c(c8)oc8ccccc89)cc7)c6)cc54)cc3)c3ccc4c(c3)C(C)(C)c3ccccc3-4)cc21. The van der Waals surface area contributed by atoms with Crippen LogP contribution < -0.4 is 9.80 Å². The van der Waals surface area contributed by atoms with Gasteiger partial charge in [-0.05, 0) is 280 Å². The van der Waals surface area contributed by atoms with Crippen LogP contribution >= 0.6 is 23.5 Å². The molecular formula is C130H94N2OS2. The quantitative estimate of drug-likeness (QED) is 0.136. The zero-order valence-electron chi connectivity index (χ0n) is 76.5. The van der Waals surface area contributed by atoms with Crippen molar-refractivity contribution in [2.24, 2.45) is 0 Å². The molecule has 3 nitrogen and oxygen atoms in total. The fourth-order valence-corrected chi connectivity index (χ4v) is 28.1. The van der Waals surface area contributed by atoms with Crippen LogP contribution in [0.4, 0.5) is 34.1 Å². The van der Waals surface area contributed by atoms with Gasteiger partial charge in [-0.25, -0.2) is 0 Å². The van der Waals surface area contributed by atoms with E-state index in [9.17, 15) is 0 Å². The van der Waals surface area contributed by atoms with Crippen molar-refractivity contribution in [3.05, 3.63) is 514 Å². The number of fused-ring (bicyclic) bond motifs is 29. The van der Waals surface area contributed by atoms with Gasteiger partial charge < -0.3 is 14.2 Å². The predicted molar refractivity (Wildman–Crippen MR) is 564 cm³/mol. The van der Waals surface area contributed by atoms with Crippen LogP contribution in [0.15, 0.2) is 449 Å². The first-order valence-electron chi connectivity index (χ1n) is 47.5. The highest BCUT2D eigenvalue weighted by atomic mass is 32.2. The maximum atomic E-state index is 6.69. The van der Waals surface area contributed by atoms with Crippen molar-refractivity contribution in [1.29, 1.82) is 0 Å². The Labute approximate surface area is 797 Å². The summed E-state index contributed by atoms with van der Waals surface area (Å²) >= 11 is 3.84. The van der Waals surface area contributed by atoms with Crippen LogP contribution in [0.5, 0.6) is 0 Å². The van der Waals surface area contributed by atoms with E-state index in [-0.39, 0.29) is 16.2 Å². The van der Waals surface area contributed by atoms with Crippen molar-refractivity contribution in [3.8, 4) is 66.8 Å². The third kappa shape index (κ3) is 11.3. The highest BCUT2D eigenvalue weighted by Crippen LogP contribution is 2.67. The summed E-state index contributed by atoms with van der Waals surface area (Å²) in [4.78, 5) is 10.0. The lowest BCUT2D eigenvalue weighted by Crippen LogP contribution is -2.43. The minimum atomic E-state index is -0.672. The standard InChI is InChI=1S/C130H94N2OS2/c1-125(2)103-37-14-11-32-96(103)98-69-66-90(76-115(98)125)132(91-67-70-99-97-33-12-15-38-104(97)126(3,4)116(99)77-91)89-64-56-82(57-65-89)95-36-27-46-114-124(95)135-120-49-24-21-44-110(120)130(114)108-42-19-17-40-106(108)128(7,8)122-102-75-86(51-50-83(102)59-73-112(122)130)85-30-25-29-84(74-85)79-52-60-87(61-53-79)131(92-68-71-101-100-34-13-22-47-117(100)133-118(101)78-92)88-62-54-81(55-63-88)94-35-26-45-113-123(94)134-119-48-23-20-43-109(119)129(113)107-41-18-16-39-105(107)127(5,6)121-93-31-10-9-28-80(93)58-72-111(121)129/h9-78H,1-8H3. The second-order valence-corrected chi connectivity index (χ2v) is 42.1. The molecule has 0 amide bonds. The number of anilines is 6. The number of nitrogens with zero attached hydrogens (tertiary/aromatic N) is 2. The molecule has 0 N–H and O–H groups in total. The normalized spacial score (nSPS) is 16.8. The van der Waals surface area contributed by atoms with Gasteiger partial charge in [-0.2, -0.15) is 0 Å². The van der Waals surface area contributed by atoms with Crippen LogP contribution in [-0.2, 0) is 32.5 Å². The number of furan rings is 1. The van der Waals surface area contributed by atoms with E-state index in [1.807, 2.05) is 23.5 Å². The first-order valence-corrected chi connectivity index (χ1v) is 49.1. The summed E-state index contributed by atoms with van der Waals surface area (Å²) in [6.07, 6.45) is 0. The van der Waals surface area contributed by atoms with Gasteiger partial charge in [-0.3, -0.25) is 0 Å². The number of para-hydroxylation sites is 1. The molecule has 2 atom stereocenters. The Hall–Kier alpha value is -15.0. The largest absolute Gasteiger partial charge is 0.456 e. The molecule has 27 rings (SSSR count). The third-order valence-corrected chi connectivity index (χ3v) is 34.1. The molecule has 2 aliphatic heterocycles. The van der Waals surface area contributed by atoms with Gasteiger partial charge in [0, 0.05) is 92.2 Å².